The fourth-order valence-corrected chi connectivity index (χ4v) is 2.35. The number of hydrogen-bond acceptors (Lipinski definition) is 4. The summed E-state index contributed by atoms with van der Waals surface area (Å²) in [6.07, 6.45) is 0.325. The van der Waals surface area contributed by atoms with Crippen LogP contribution >= 0.6 is 0 Å². The lowest BCUT2D eigenvalue weighted by molar-refractivity contribution is -0.130. The van der Waals surface area contributed by atoms with Gasteiger partial charge in [0.25, 0.3) is 0 Å². The zero-order valence-corrected chi connectivity index (χ0v) is 15.9. The van der Waals surface area contributed by atoms with E-state index >= 15 is 0 Å². The van der Waals surface area contributed by atoms with E-state index in [9.17, 15) is 14.0 Å². The van der Waals surface area contributed by atoms with Gasteiger partial charge in [-0.1, -0.05) is 30.3 Å². The van der Waals surface area contributed by atoms with E-state index in [4.69, 9.17) is 9.47 Å². The first kappa shape index (κ1) is 21.2. The van der Waals surface area contributed by atoms with Crippen LogP contribution in [0.25, 0.3) is 0 Å². The van der Waals surface area contributed by atoms with Crippen molar-refractivity contribution in [3.05, 3.63) is 66.0 Å². The van der Waals surface area contributed by atoms with Crippen molar-refractivity contribution < 1.29 is 23.5 Å². The maximum absolute atomic E-state index is 12.8. The summed E-state index contributed by atoms with van der Waals surface area (Å²) >= 11 is 0. The highest BCUT2D eigenvalue weighted by molar-refractivity contribution is 5.76. The number of alkyl carbamates (subject to hydrolysis) is 1. The molecule has 150 valence electrons. The molecule has 0 aliphatic carbocycles. The van der Waals surface area contributed by atoms with Gasteiger partial charge < -0.3 is 19.7 Å². The Morgan fingerprint density at radius 2 is 1.79 bits per heavy atom. The van der Waals surface area contributed by atoms with E-state index in [0.717, 1.165) is 5.56 Å². The number of likely N-dealkylation sites (N-methyl/N-ethyl adjacent to an activating group) is 1. The Morgan fingerprint density at radius 3 is 2.50 bits per heavy atom. The van der Waals surface area contributed by atoms with Crippen molar-refractivity contribution in [3.63, 3.8) is 0 Å². The second-order valence-corrected chi connectivity index (χ2v) is 6.21. The van der Waals surface area contributed by atoms with Gasteiger partial charge in [0, 0.05) is 20.0 Å². The number of nitrogens with one attached hydrogen (secondary N) is 1. The zero-order valence-electron chi connectivity index (χ0n) is 15.9. The molecule has 28 heavy (non-hydrogen) atoms. The number of halogens is 1. The molecule has 0 heterocycles. The Morgan fingerprint density at radius 1 is 1.07 bits per heavy atom. The Kier molecular flexibility index (Phi) is 8.78. The predicted octanol–water partition coefficient (Wildman–Crippen LogP) is 3.37. The van der Waals surface area contributed by atoms with E-state index in [-0.39, 0.29) is 18.3 Å². The molecule has 0 aliphatic heterocycles. The monoisotopic (exact) mass is 388 g/mol. The van der Waals surface area contributed by atoms with Crippen LogP contribution in [0.2, 0.25) is 0 Å². The molecule has 2 rings (SSSR count). The van der Waals surface area contributed by atoms with E-state index in [1.165, 1.54) is 12.1 Å². The van der Waals surface area contributed by atoms with Gasteiger partial charge in [-0.3, -0.25) is 4.79 Å². The molecule has 7 heteroatoms. The fourth-order valence-electron chi connectivity index (χ4n) is 2.35. The molecular formula is C21H25FN2O4. The number of amides is 2. The minimum Gasteiger partial charge on any atom is -0.492 e. The minimum absolute atomic E-state index is 0.0397. The summed E-state index contributed by atoms with van der Waals surface area (Å²) in [7, 11) is 1.69. The highest BCUT2D eigenvalue weighted by atomic mass is 19.1. The largest absolute Gasteiger partial charge is 0.492 e. The van der Waals surface area contributed by atoms with Gasteiger partial charge in [-0.2, -0.15) is 0 Å². The Labute approximate surface area is 164 Å². The van der Waals surface area contributed by atoms with Gasteiger partial charge in [-0.25, -0.2) is 9.18 Å². The molecule has 0 aromatic heterocycles. The Hall–Kier alpha value is -3.09. The van der Waals surface area contributed by atoms with Crippen LogP contribution in [0.15, 0.2) is 54.6 Å². The lowest BCUT2D eigenvalue weighted by Crippen LogP contribution is -2.32. The van der Waals surface area contributed by atoms with Crippen LogP contribution in [0, 0.1) is 5.82 Å². The third-order valence-electron chi connectivity index (χ3n) is 3.98. The van der Waals surface area contributed by atoms with Crippen molar-refractivity contribution in [2.45, 2.75) is 19.4 Å². The second kappa shape index (κ2) is 11.6. The van der Waals surface area contributed by atoms with Gasteiger partial charge in [-0.15, -0.1) is 0 Å². The van der Waals surface area contributed by atoms with Gasteiger partial charge in [0.2, 0.25) is 5.91 Å². The number of nitrogens with zero attached hydrogens (tertiary/aromatic N) is 1. The molecule has 2 aromatic carbocycles. The van der Waals surface area contributed by atoms with Crippen molar-refractivity contribution in [1.82, 2.24) is 10.2 Å². The van der Waals surface area contributed by atoms with Crippen LogP contribution in [0.3, 0.4) is 0 Å². The van der Waals surface area contributed by atoms with Crippen LogP contribution in [-0.4, -0.2) is 43.6 Å². The quantitative estimate of drug-likeness (QED) is 0.634. The molecule has 0 aliphatic rings. The molecule has 2 aromatic rings. The number of ether oxygens (including phenoxy) is 2. The molecule has 0 saturated carbocycles. The van der Waals surface area contributed by atoms with E-state index in [1.807, 2.05) is 30.3 Å². The lowest BCUT2D eigenvalue weighted by atomic mass is 10.2. The number of rotatable bonds is 10. The van der Waals surface area contributed by atoms with E-state index in [0.29, 0.717) is 38.3 Å². The maximum Gasteiger partial charge on any atom is 0.407 e. The highest BCUT2D eigenvalue weighted by Crippen LogP contribution is 2.10. The second-order valence-electron chi connectivity index (χ2n) is 6.21. The van der Waals surface area contributed by atoms with E-state index in [2.05, 4.69) is 5.32 Å². The summed E-state index contributed by atoms with van der Waals surface area (Å²) < 4.78 is 23.4. The van der Waals surface area contributed by atoms with Crippen molar-refractivity contribution >= 4 is 12.0 Å². The molecule has 0 unspecified atom stereocenters. The summed E-state index contributed by atoms with van der Waals surface area (Å²) in [6.45, 7) is 1.31. The van der Waals surface area contributed by atoms with Gasteiger partial charge in [0.1, 0.15) is 24.8 Å². The summed E-state index contributed by atoms with van der Waals surface area (Å²) in [5, 5.41) is 2.63. The van der Waals surface area contributed by atoms with Crippen molar-refractivity contribution in [2.24, 2.45) is 0 Å². The highest BCUT2D eigenvalue weighted by Gasteiger charge is 2.09. The number of carbonyl (C=O) groups excluding carboxylic acids is 2. The molecule has 0 radical (unpaired) electrons. The zero-order chi connectivity index (χ0) is 20.2. The van der Waals surface area contributed by atoms with Crippen molar-refractivity contribution in [3.8, 4) is 5.75 Å². The van der Waals surface area contributed by atoms with E-state index in [1.54, 1.807) is 24.1 Å². The molecular weight excluding hydrogens is 363 g/mol. The summed E-state index contributed by atoms with van der Waals surface area (Å²) in [5.41, 5.74) is 0.914. The topological polar surface area (TPSA) is 67.9 Å². The lowest BCUT2D eigenvalue weighted by Gasteiger charge is -2.17. The van der Waals surface area contributed by atoms with Crippen molar-refractivity contribution in [1.29, 1.82) is 0 Å². The third kappa shape index (κ3) is 8.07. The number of hydrogen-bond donors (Lipinski definition) is 1. The minimum atomic E-state index is -0.502. The summed E-state index contributed by atoms with van der Waals surface area (Å²) in [6, 6.07) is 15.1. The van der Waals surface area contributed by atoms with Gasteiger partial charge in [-0.05, 0) is 36.2 Å². The molecule has 2 amide bonds. The summed E-state index contributed by atoms with van der Waals surface area (Å²) in [4.78, 5) is 25.3. The fraction of sp³-hybridized carbons (Fsp3) is 0.333. The molecule has 1 N–H and O–H groups in total. The first-order valence-corrected chi connectivity index (χ1v) is 9.11. The standard InChI is InChI=1S/C21H25FN2O4/c1-24(14-15-27-19-11-9-18(22)10-12-19)20(25)8-5-13-23-21(26)28-16-17-6-3-2-4-7-17/h2-4,6-7,9-12H,5,8,13-16H2,1H3,(H,23,26). The van der Waals surface area contributed by atoms with Crippen LogP contribution in [-0.2, 0) is 16.1 Å². The van der Waals surface area contributed by atoms with Crippen LogP contribution in [0.5, 0.6) is 5.75 Å². The Bertz CT molecular complexity index is 738. The predicted molar refractivity (Wildman–Crippen MR) is 103 cm³/mol. The van der Waals surface area contributed by atoms with Crippen LogP contribution in [0.1, 0.15) is 18.4 Å². The SMILES string of the molecule is CN(CCOc1ccc(F)cc1)C(=O)CCCNC(=O)OCc1ccccc1. The molecule has 0 bridgehead atoms. The summed E-state index contributed by atoms with van der Waals surface area (Å²) in [5.74, 6) is 0.194. The molecule has 0 fully saturated rings. The average molecular weight is 388 g/mol. The average Bonchev–Trinajstić information content (AvgIpc) is 2.71. The Balaban J connectivity index is 1.53. The first-order chi connectivity index (χ1) is 13.5. The first-order valence-electron chi connectivity index (χ1n) is 9.11. The normalized spacial score (nSPS) is 10.2. The maximum atomic E-state index is 12.8. The van der Waals surface area contributed by atoms with Crippen LogP contribution in [0.4, 0.5) is 9.18 Å². The molecule has 0 spiro atoms. The van der Waals surface area contributed by atoms with Crippen molar-refractivity contribution in [2.75, 3.05) is 26.7 Å². The molecule has 0 atom stereocenters. The van der Waals surface area contributed by atoms with E-state index < -0.39 is 6.09 Å². The third-order valence-corrected chi connectivity index (χ3v) is 3.98. The van der Waals surface area contributed by atoms with Gasteiger partial charge in [0.15, 0.2) is 0 Å². The van der Waals surface area contributed by atoms with Crippen LogP contribution < -0.4 is 10.1 Å². The molecule has 0 saturated heterocycles. The number of carbonyl (C=O) groups is 2. The number of benzene rings is 2. The molecule has 6 nitrogen and oxygen atoms in total. The smallest absolute Gasteiger partial charge is 0.407 e. The van der Waals surface area contributed by atoms with Gasteiger partial charge >= 0.3 is 6.09 Å². The van der Waals surface area contributed by atoms with Gasteiger partial charge in [0.05, 0.1) is 6.54 Å².